The van der Waals surface area contributed by atoms with Gasteiger partial charge in [0.2, 0.25) is 5.88 Å². The number of carbonyl (C=O) groups excluding carboxylic acids is 2. The van der Waals surface area contributed by atoms with Gasteiger partial charge in [0.25, 0.3) is 0 Å². The van der Waals surface area contributed by atoms with Crippen molar-refractivity contribution in [3.63, 3.8) is 0 Å². The molecule has 3 amide bonds. The van der Waals surface area contributed by atoms with Crippen LogP contribution < -0.4 is 25.0 Å². The van der Waals surface area contributed by atoms with Crippen LogP contribution in [0.5, 0.6) is 11.6 Å². The lowest BCUT2D eigenvalue weighted by atomic mass is 9.94. The lowest BCUT2D eigenvalue weighted by Gasteiger charge is -2.40. The highest BCUT2D eigenvalue weighted by molar-refractivity contribution is 5.88. The number of amides is 3. The first-order valence-corrected chi connectivity index (χ1v) is 13.2. The number of carbonyl (C=O) groups is 2. The number of piperidine rings is 2. The Morgan fingerprint density at radius 2 is 2.00 bits per heavy atom. The van der Waals surface area contributed by atoms with E-state index in [2.05, 4.69) is 44.5 Å². The summed E-state index contributed by atoms with van der Waals surface area (Å²) in [4.78, 5) is 43.4. The van der Waals surface area contributed by atoms with Crippen molar-refractivity contribution < 1.29 is 23.5 Å². The van der Waals surface area contributed by atoms with Crippen molar-refractivity contribution >= 4 is 23.8 Å². The highest BCUT2D eigenvalue weighted by Gasteiger charge is 2.35. The SMILES string of the molecule is CCOc1cnc(NC(=O)N(C)[C@H]2CN(c3cc(OC(=O)N[C@@H]4CCN(C)C[C@@H]4C)ccn3)CC[C@H]2F)cn1. The second-order valence-electron chi connectivity index (χ2n) is 10.1. The van der Waals surface area contributed by atoms with E-state index in [1.807, 2.05) is 11.8 Å². The number of hydrogen-bond acceptors (Lipinski definition) is 9. The zero-order valence-corrected chi connectivity index (χ0v) is 22.8. The smallest absolute Gasteiger partial charge is 0.412 e. The number of urea groups is 1. The van der Waals surface area contributed by atoms with Gasteiger partial charge in [-0.15, -0.1) is 0 Å². The molecule has 4 heterocycles. The Balaban J connectivity index is 1.35. The van der Waals surface area contributed by atoms with Crippen LogP contribution in [0.15, 0.2) is 30.7 Å². The van der Waals surface area contributed by atoms with Gasteiger partial charge in [-0.2, -0.15) is 0 Å². The molecule has 39 heavy (non-hydrogen) atoms. The third-order valence-electron chi connectivity index (χ3n) is 7.14. The summed E-state index contributed by atoms with van der Waals surface area (Å²) in [5.41, 5.74) is 0. The largest absolute Gasteiger partial charge is 0.477 e. The van der Waals surface area contributed by atoms with Gasteiger partial charge in [-0.05, 0) is 45.3 Å². The Bertz CT molecular complexity index is 1120. The van der Waals surface area contributed by atoms with Crippen LogP contribution in [0.1, 0.15) is 26.7 Å². The molecule has 0 aromatic carbocycles. The maximum Gasteiger partial charge on any atom is 0.412 e. The molecule has 2 aromatic rings. The van der Waals surface area contributed by atoms with E-state index in [9.17, 15) is 14.0 Å². The number of aromatic nitrogens is 3. The van der Waals surface area contributed by atoms with Crippen LogP contribution in [-0.2, 0) is 0 Å². The lowest BCUT2D eigenvalue weighted by molar-refractivity contribution is 0.133. The Labute approximate surface area is 227 Å². The first kappa shape index (κ1) is 28.3. The van der Waals surface area contributed by atoms with Crippen molar-refractivity contribution in [2.24, 2.45) is 5.92 Å². The zero-order chi connectivity index (χ0) is 27.9. The van der Waals surface area contributed by atoms with Crippen molar-refractivity contribution in [1.82, 2.24) is 30.1 Å². The first-order valence-electron chi connectivity index (χ1n) is 13.2. The molecule has 0 aliphatic carbocycles. The zero-order valence-electron chi connectivity index (χ0n) is 22.8. The second-order valence-corrected chi connectivity index (χ2v) is 10.1. The summed E-state index contributed by atoms with van der Waals surface area (Å²) in [6.45, 7) is 6.85. The Morgan fingerprint density at radius 1 is 1.18 bits per heavy atom. The van der Waals surface area contributed by atoms with Gasteiger partial charge in [-0.1, -0.05) is 6.92 Å². The van der Waals surface area contributed by atoms with E-state index < -0.39 is 24.3 Å². The van der Waals surface area contributed by atoms with Crippen LogP contribution in [0.3, 0.4) is 0 Å². The lowest BCUT2D eigenvalue weighted by Crippen LogP contribution is -2.55. The number of alkyl halides is 1. The van der Waals surface area contributed by atoms with Gasteiger partial charge in [0.15, 0.2) is 5.82 Å². The first-order chi connectivity index (χ1) is 18.7. The third-order valence-corrected chi connectivity index (χ3v) is 7.14. The minimum absolute atomic E-state index is 0.0506. The Kier molecular flexibility index (Phi) is 9.33. The molecule has 2 aliphatic rings. The summed E-state index contributed by atoms with van der Waals surface area (Å²) in [6.07, 6.45) is 3.69. The molecule has 212 valence electrons. The number of pyridine rings is 1. The fraction of sp³-hybridized carbons (Fsp3) is 0.577. The van der Waals surface area contributed by atoms with Crippen molar-refractivity contribution in [2.75, 3.05) is 57.1 Å². The van der Waals surface area contributed by atoms with E-state index in [0.717, 1.165) is 19.5 Å². The number of halogens is 1. The van der Waals surface area contributed by atoms with Gasteiger partial charge in [0, 0.05) is 45.0 Å². The van der Waals surface area contributed by atoms with Crippen molar-refractivity contribution in [3.8, 4) is 11.6 Å². The number of ether oxygens (including phenoxy) is 2. The quantitative estimate of drug-likeness (QED) is 0.541. The minimum Gasteiger partial charge on any atom is -0.477 e. The third kappa shape index (κ3) is 7.43. The van der Waals surface area contributed by atoms with Crippen LogP contribution >= 0.6 is 0 Å². The number of anilines is 2. The molecule has 2 fully saturated rings. The molecule has 0 saturated carbocycles. The van der Waals surface area contributed by atoms with Crippen LogP contribution in [-0.4, -0.2) is 102 Å². The van der Waals surface area contributed by atoms with Crippen molar-refractivity contribution in [3.05, 3.63) is 30.7 Å². The molecule has 4 rings (SSSR count). The van der Waals surface area contributed by atoms with Crippen LogP contribution in [0.2, 0.25) is 0 Å². The number of nitrogens with one attached hydrogen (secondary N) is 2. The molecule has 0 spiro atoms. The van der Waals surface area contributed by atoms with Gasteiger partial charge in [0.1, 0.15) is 17.7 Å². The van der Waals surface area contributed by atoms with E-state index >= 15 is 0 Å². The number of nitrogens with zero attached hydrogens (tertiary/aromatic N) is 6. The molecule has 2 N–H and O–H groups in total. The Morgan fingerprint density at radius 3 is 2.72 bits per heavy atom. The number of likely N-dealkylation sites (N-methyl/N-ethyl adjacent to an activating group) is 1. The van der Waals surface area contributed by atoms with Crippen molar-refractivity contribution in [1.29, 1.82) is 0 Å². The molecule has 0 radical (unpaired) electrons. The normalized spacial score (nSPS) is 23.6. The Hall–Kier alpha value is -3.74. The number of rotatable bonds is 7. The van der Waals surface area contributed by atoms with Gasteiger partial charge >= 0.3 is 12.1 Å². The minimum atomic E-state index is -1.22. The summed E-state index contributed by atoms with van der Waals surface area (Å²) in [5.74, 6) is 1.79. The monoisotopic (exact) mass is 544 g/mol. The maximum atomic E-state index is 15.0. The predicted octanol–water partition coefficient (Wildman–Crippen LogP) is 2.78. The van der Waals surface area contributed by atoms with E-state index in [4.69, 9.17) is 9.47 Å². The van der Waals surface area contributed by atoms with Crippen molar-refractivity contribution in [2.45, 2.75) is 44.9 Å². The average molecular weight is 545 g/mol. The molecule has 4 atom stereocenters. The molecule has 0 bridgehead atoms. The molecule has 2 aromatic heterocycles. The van der Waals surface area contributed by atoms with Gasteiger partial charge in [-0.25, -0.2) is 28.9 Å². The molecule has 2 aliphatic heterocycles. The highest BCUT2D eigenvalue weighted by atomic mass is 19.1. The van der Waals surface area contributed by atoms with Crippen LogP contribution in [0.25, 0.3) is 0 Å². The van der Waals surface area contributed by atoms with E-state index in [1.165, 1.54) is 17.3 Å². The highest BCUT2D eigenvalue weighted by Crippen LogP contribution is 2.26. The molecule has 0 unspecified atom stereocenters. The topological polar surface area (TPSA) is 125 Å². The molecule has 13 heteroatoms. The summed E-state index contributed by atoms with van der Waals surface area (Å²) < 4.78 is 25.8. The fourth-order valence-electron chi connectivity index (χ4n) is 4.92. The van der Waals surface area contributed by atoms with E-state index in [-0.39, 0.29) is 24.8 Å². The fourth-order valence-corrected chi connectivity index (χ4v) is 4.92. The van der Waals surface area contributed by atoms with Crippen LogP contribution in [0, 0.1) is 5.92 Å². The summed E-state index contributed by atoms with van der Waals surface area (Å²) >= 11 is 0. The summed E-state index contributed by atoms with van der Waals surface area (Å²) in [6, 6.07) is 2.08. The summed E-state index contributed by atoms with van der Waals surface area (Å²) in [5, 5.41) is 5.61. The average Bonchev–Trinajstić information content (AvgIpc) is 2.91. The second kappa shape index (κ2) is 12.9. The predicted molar refractivity (Wildman–Crippen MR) is 144 cm³/mol. The standard InChI is InChI=1S/C26H37FN8O4/c1-5-38-24-14-29-22(13-30-24)32-25(36)34(4)21-16-35(11-7-19(21)27)23-12-18(6-9-28-23)39-26(37)31-20-8-10-33(3)15-17(20)2/h6,9,12-14,17,19-21H,5,7-8,10-11,15-16H2,1-4H3,(H,31,37)(H,29,32,36)/t17-,19+,20+,21-/m0/s1. The number of likely N-dealkylation sites (tertiary alicyclic amines) is 1. The van der Waals surface area contributed by atoms with E-state index in [0.29, 0.717) is 36.5 Å². The van der Waals surface area contributed by atoms with Gasteiger partial charge < -0.3 is 29.5 Å². The van der Waals surface area contributed by atoms with Gasteiger partial charge in [0.05, 0.1) is 25.0 Å². The molecule has 12 nitrogen and oxygen atoms in total. The van der Waals surface area contributed by atoms with Crippen LogP contribution in [0.4, 0.5) is 25.6 Å². The maximum absolute atomic E-state index is 15.0. The van der Waals surface area contributed by atoms with E-state index in [1.54, 1.807) is 25.4 Å². The van der Waals surface area contributed by atoms with Gasteiger partial charge in [-0.3, -0.25) is 5.32 Å². The molecule has 2 saturated heterocycles. The number of hydrogen-bond donors (Lipinski definition) is 2. The summed E-state index contributed by atoms with van der Waals surface area (Å²) in [7, 11) is 3.61. The molecular formula is C26H37FN8O4. The molecular weight excluding hydrogens is 507 g/mol.